The largest absolute Gasteiger partial charge is 0.417 e. The molecule has 0 spiro atoms. The molecule has 192 valence electrons. The number of benzene rings is 2. The third-order valence-electron chi connectivity index (χ3n) is 6.03. The fourth-order valence-electron chi connectivity index (χ4n) is 4.29. The number of anilines is 1. The Morgan fingerprint density at radius 3 is 2.47 bits per heavy atom. The zero-order valence-corrected chi connectivity index (χ0v) is 20.7. The lowest BCUT2D eigenvalue weighted by atomic mass is 10.2. The van der Waals surface area contributed by atoms with Crippen LogP contribution < -0.4 is 10.5 Å². The van der Waals surface area contributed by atoms with E-state index in [4.69, 9.17) is 10.7 Å². The van der Waals surface area contributed by atoms with Crippen LogP contribution in [-0.4, -0.2) is 29.5 Å². The first-order chi connectivity index (χ1) is 17.1. The Hall–Kier alpha value is -3.18. The van der Waals surface area contributed by atoms with E-state index >= 15 is 0 Å². The molecule has 7 nitrogen and oxygen atoms in total. The summed E-state index contributed by atoms with van der Waals surface area (Å²) in [5, 5.41) is 0.932. The van der Waals surface area contributed by atoms with Crippen molar-refractivity contribution >= 4 is 37.8 Å². The van der Waals surface area contributed by atoms with E-state index in [-0.39, 0.29) is 6.54 Å². The van der Waals surface area contributed by atoms with Crippen LogP contribution in [0.2, 0.25) is 0 Å². The number of hydrogen-bond acceptors (Lipinski definition) is 5. The van der Waals surface area contributed by atoms with Gasteiger partial charge in [0.25, 0.3) is 0 Å². The zero-order chi connectivity index (χ0) is 25.9. The van der Waals surface area contributed by atoms with Gasteiger partial charge in [-0.2, -0.15) is 13.2 Å². The SMILES string of the molecule is CCCCc1nc2c(N)nc3ccccc3c2n1CCCCNS(=O)(=O)c1ccccc1C(F)(F)F. The lowest BCUT2D eigenvalue weighted by Crippen LogP contribution is -2.27. The molecule has 2 aromatic carbocycles. The summed E-state index contributed by atoms with van der Waals surface area (Å²) in [6.45, 7) is 2.67. The molecule has 0 aliphatic rings. The minimum atomic E-state index is -4.76. The van der Waals surface area contributed by atoms with Crippen LogP contribution in [0.25, 0.3) is 21.9 Å². The summed E-state index contributed by atoms with van der Waals surface area (Å²) in [5.41, 5.74) is 7.33. The van der Waals surface area contributed by atoms with Gasteiger partial charge in [0, 0.05) is 24.9 Å². The number of fused-ring (bicyclic) bond motifs is 3. The van der Waals surface area contributed by atoms with Gasteiger partial charge >= 0.3 is 6.18 Å². The van der Waals surface area contributed by atoms with Crippen molar-refractivity contribution in [1.29, 1.82) is 0 Å². The molecule has 0 fully saturated rings. The van der Waals surface area contributed by atoms with E-state index < -0.39 is 26.7 Å². The second-order valence-electron chi connectivity index (χ2n) is 8.59. The van der Waals surface area contributed by atoms with Crippen molar-refractivity contribution in [2.75, 3.05) is 12.3 Å². The number of nitrogens with two attached hydrogens (primary N) is 1. The van der Waals surface area contributed by atoms with Crippen molar-refractivity contribution in [3.8, 4) is 0 Å². The Kier molecular flexibility index (Phi) is 7.51. The third kappa shape index (κ3) is 5.31. The summed E-state index contributed by atoms with van der Waals surface area (Å²) in [4.78, 5) is 8.47. The van der Waals surface area contributed by atoms with Crippen LogP contribution in [0.4, 0.5) is 19.0 Å². The zero-order valence-electron chi connectivity index (χ0n) is 19.8. The summed E-state index contributed by atoms with van der Waals surface area (Å²) < 4.78 is 69.3. The van der Waals surface area contributed by atoms with Crippen LogP contribution in [0.3, 0.4) is 0 Å². The highest BCUT2D eigenvalue weighted by molar-refractivity contribution is 7.89. The standard InChI is InChI=1S/C25H28F3N5O2S/c1-2-3-14-21-32-22-23(17-10-4-6-12-19(17)31-24(22)29)33(21)16-9-8-15-30-36(34,35)20-13-7-5-11-18(20)25(26,27)28/h4-7,10-13,30H,2-3,8-9,14-16H2,1H3,(H2,29,31). The molecule has 0 saturated carbocycles. The number of halogens is 3. The summed E-state index contributed by atoms with van der Waals surface area (Å²) in [5.74, 6) is 1.24. The Morgan fingerprint density at radius 1 is 1.00 bits per heavy atom. The van der Waals surface area contributed by atoms with Crippen LogP contribution in [0.15, 0.2) is 53.4 Å². The van der Waals surface area contributed by atoms with Crippen LogP contribution in [0.5, 0.6) is 0 Å². The number of imidazole rings is 1. The predicted octanol–water partition coefficient (Wildman–Crippen LogP) is 5.29. The molecule has 0 unspecified atom stereocenters. The molecular formula is C25H28F3N5O2S. The number of aryl methyl sites for hydroxylation is 2. The number of pyridine rings is 1. The smallest absolute Gasteiger partial charge is 0.382 e. The number of rotatable bonds is 10. The molecular weight excluding hydrogens is 491 g/mol. The van der Waals surface area contributed by atoms with E-state index in [2.05, 4.69) is 21.2 Å². The van der Waals surface area contributed by atoms with Crippen LogP contribution in [0, 0.1) is 0 Å². The predicted molar refractivity (Wildman–Crippen MR) is 134 cm³/mol. The van der Waals surface area contributed by atoms with Gasteiger partial charge in [-0.15, -0.1) is 0 Å². The van der Waals surface area contributed by atoms with Gasteiger partial charge in [0.05, 0.1) is 21.5 Å². The van der Waals surface area contributed by atoms with E-state index in [1.54, 1.807) is 0 Å². The number of nitrogens with one attached hydrogen (secondary N) is 1. The highest BCUT2D eigenvalue weighted by Gasteiger charge is 2.36. The number of nitrogens with zero attached hydrogens (tertiary/aromatic N) is 3. The highest BCUT2D eigenvalue weighted by Crippen LogP contribution is 2.34. The van der Waals surface area contributed by atoms with E-state index in [0.29, 0.717) is 30.7 Å². The van der Waals surface area contributed by atoms with Crippen molar-refractivity contribution in [3.63, 3.8) is 0 Å². The van der Waals surface area contributed by atoms with Crippen molar-refractivity contribution < 1.29 is 21.6 Å². The quantitative estimate of drug-likeness (QED) is 0.277. The maximum absolute atomic E-state index is 13.3. The molecule has 0 saturated heterocycles. The molecule has 0 bridgehead atoms. The monoisotopic (exact) mass is 519 g/mol. The number of aromatic nitrogens is 3. The Labute approximate surface area is 207 Å². The molecule has 4 rings (SSSR count). The van der Waals surface area contributed by atoms with Gasteiger partial charge in [-0.1, -0.05) is 43.7 Å². The summed E-state index contributed by atoms with van der Waals surface area (Å²) in [6.07, 6.45) is -1.03. The van der Waals surface area contributed by atoms with E-state index in [0.717, 1.165) is 53.6 Å². The number of nitrogen functional groups attached to an aromatic ring is 1. The summed E-state index contributed by atoms with van der Waals surface area (Å²) in [6, 6.07) is 11.8. The van der Waals surface area contributed by atoms with Crippen LogP contribution in [-0.2, 0) is 29.2 Å². The molecule has 0 aliphatic carbocycles. The van der Waals surface area contributed by atoms with Gasteiger partial charge in [0.2, 0.25) is 10.0 Å². The van der Waals surface area contributed by atoms with E-state index in [9.17, 15) is 21.6 Å². The van der Waals surface area contributed by atoms with Gasteiger partial charge < -0.3 is 10.3 Å². The van der Waals surface area contributed by atoms with Crippen LogP contribution in [0.1, 0.15) is 44.0 Å². The fourth-order valence-corrected chi connectivity index (χ4v) is 5.59. The third-order valence-corrected chi connectivity index (χ3v) is 7.55. The maximum atomic E-state index is 13.3. The molecule has 0 amide bonds. The highest BCUT2D eigenvalue weighted by atomic mass is 32.2. The fraction of sp³-hybridized carbons (Fsp3) is 0.360. The Morgan fingerprint density at radius 2 is 1.72 bits per heavy atom. The second-order valence-corrected chi connectivity index (χ2v) is 10.3. The van der Waals surface area contributed by atoms with E-state index in [1.807, 2.05) is 24.3 Å². The number of unbranched alkanes of at least 4 members (excludes halogenated alkanes) is 2. The van der Waals surface area contributed by atoms with Crippen LogP contribution >= 0.6 is 0 Å². The van der Waals surface area contributed by atoms with Crippen molar-refractivity contribution in [1.82, 2.24) is 19.3 Å². The van der Waals surface area contributed by atoms with Gasteiger partial charge in [-0.3, -0.25) is 0 Å². The molecule has 0 atom stereocenters. The number of para-hydroxylation sites is 1. The average Bonchev–Trinajstić information content (AvgIpc) is 3.21. The molecule has 11 heteroatoms. The number of sulfonamides is 1. The molecule has 2 heterocycles. The van der Waals surface area contributed by atoms with Gasteiger partial charge in [-0.25, -0.2) is 23.1 Å². The Bertz CT molecular complexity index is 1480. The molecule has 2 aromatic heterocycles. The summed E-state index contributed by atoms with van der Waals surface area (Å²) >= 11 is 0. The maximum Gasteiger partial charge on any atom is 0.417 e. The van der Waals surface area contributed by atoms with Gasteiger partial charge in [-0.05, 0) is 37.5 Å². The normalized spacial score (nSPS) is 12.6. The second kappa shape index (κ2) is 10.4. The lowest BCUT2D eigenvalue weighted by molar-refractivity contribution is -0.139. The molecule has 4 aromatic rings. The minimum Gasteiger partial charge on any atom is -0.382 e. The molecule has 3 N–H and O–H groups in total. The Balaban J connectivity index is 1.52. The number of alkyl halides is 3. The summed E-state index contributed by atoms with van der Waals surface area (Å²) in [7, 11) is -4.31. The number of hydrogen-bond donors (Lipinski definition) is 2. The average molecular weight is 520 g/mol. The first kappa shape index (κ1) is 25.9. The first-order valence-electron chi connectivity index (χ1n) is 11.8. The minimum absolute atomic E-state index is 0.00981. The van der Waals surface area contributed by atoms with Gasteiger partial charge in [0.1, 0.15) is 11.3 Å². The lowest BCUT2D eigenvalue weighted by Gasteiger charge is -2.14. The van der Waals surface area contributed by atoms with Gasteiger partial charge in [0.15, 0.2) is 5.82 Å². The van der Waals surface area contributed by atoms with Crippen molar-refractivity contribution in [3.05, 3.63) is 59.9 Å². The molecule has 36 heavy (non-hydrogen) atoms. The topological polar surface area (TPSA) is 103 Å². The van der Waals surface area contributed by atoms with E-state index in [1.165, 1.54) is 12.1 Å². The molecule has 0 radical (unpaired) electrons. The van der Waals surface area contributed by atoms with Crippen molar-refractivity contribution in [2.45, 2.75) is 56.6 Å². The first-order valence-corrected chi connectivity index (χ1v) is 13.3. The molecule has 0 aliphatic heterocycles. The van der Waals surface area contributed by atoms with Crippen molar-refractivity contribution in [2.24, 2.45) is 0 Å².